The number of anilines is 1. The van der Waals surface area contributed by atoms with Crippen molar-refractivity contribution in [1.82, 2.24) is 9.71 Å². The van der Waals surface area contributed by atoms with Crippen LogP contribution in [0.5, 0.6) is 0 Å². The van der Waals surface area contributed by atoms with Crippen molar-refractivity contribution in [3.63, 3.8) is 0 Å². The molecular weight excluding hydrogens is 290 g/mol. The minimum atomic E-state index is -3.59. The summed E-state index contributed by atoms with van der Waals surface area (Å²) >= 11 is 0. The first-order valence-corrected chi connectivity index (χ1v) is 8.86. The minimum absolute atomic E-state index is 0.0490. The van der Waals surface area contributed by atoms with Gasteiger partial charge in [-0.3, -0.25) is 0 Å². The van der Waals surface area contributed by atoms with Gasteiger partial charge in [-0.1, -0.05) is 13.8 Å². The van der Waals surface area contributed by atoms with Crippen molar-refractivity contribution < 1.29 is 13.2 Å². The zero-order chi connectivity index (χ0) is 15.6. The zero-order valence-corrected chi connectivity index (χ0v) is 13.6. The Bertz CT molecular complexity index is 506. The number of sulfonamides is 1. The van der Waals surface area contributed by atoms with Gasteiger partial charge in [-0.05, 0) is 31.4 Å². The third-order valence-electron chi connectivity index (χ3n) is 2.70. The fourth-order valence-corrected chi connectivity index (χ4v) is 2.87. The second-order valence-corrected chi connectivity index (χ2v) is 6.33. The molecule has 0 saturated heterocycles. The lowest BCUT2D eigenvalue weighted by Gasteiger charge is -2.11. The van der Waals surface area contributed by atoms with Gasteiger partial charge in [-0.2, -0.15) is 0 Å². The van der Waals surface area contributed by atoms with Crippen LogP contribution in [-0.2, 0) is 14.8 Å². The predicted octanol–water partition coefficient (Wildman–Crippen LogP) is 2.00. The van der Waals surface area contributed by atoms with E-state index in [1.54, 1.807) is 12.1 Å². The van der Waals surface area contributed by atoms with E-state index in [2.05, 4.69) is 15.0 Å². The number of nitrogens with zero attached hydrogens (tertiary/aromatic N) is 1. The highest BCUT2D eigenvalue weighted by atomic mass is 32.2. The Hall–Kier alpha value is -1.18. The Labute approximate surface area is 127 Å². The Morgan fingerprint density at radius 3 is 2.71 bits per heavy atom. The summed E-state index contributed by atoms with van der Waals surface area (Å²) in [7, 11) is -3.59. The van der Waals surface area contributed by atoms with Crippen molar-refractivity contribution in [2.45, 2.75) is 38.1 Å². The van der Waals surface area contributed by atoms with Crippen molar-refractivity contribution in [2.24, 2.45) is 0 Å². The third kappa shape index (κ3) is 6.41. The topological polar surface area (TPSA) is 80.3 Å². The summed E-state index contributed by atoms with van der Waals surface area (Å²) in [5.74, 6) is 0. The van der Waals surface area contributed by atoms with Crippen LogP contribution < -0.4 is 10.0 Å². The lowest BCUT2D eigenvalue weighted by molar-refractivity contribution is 0.133. The molecule has 21 heavy (non-hydrogen) atoms. The van der Waals surface area contributed by atoms with Gasteiger partial charge >= 0.3 is 0 Å². The monoisotopic (exact) mass is 315 g/mol. The molecule has 0 aliphatic carbocycles. The van der Waals surface area contributed by atoms with Crippen molar-refractivity contribution in [2.75, 3.05) is 31.6 Å². The molecule has 0 aromatic carbocycles. The molecule has 2 N–H and O–H groups in total. The molecule has 0 aliphatic rings. The molecule has 0 bridgehead atoms. The summed E-state index contributed by atoms with van der Waals surface area (Å²) in [4.78, 5) is 3.99. The summed E-state index contributed by atoms with van der Waals surface area (Å²) in [5, 5.41) is 3.13. The highest BCUT2D eigenvalue weighted by Gasteiger charge is 2.19. The molecule has 1 heterocycles. The fraction of sp³-hybridized carbons (Fsp3) is 0.643. The number of ether oxygens (including phenoxy) is 1. The number of pyridine rings is 1. The molecular formula is C14H25N3O3S. The molecule has 0 atom stereocenters. The minimum Gasteiger partial charge on any atom is -0.383 e. The van der Waals surface area contributed by atoms with Gasteiger partial charge in [0.25, 0.3) is 10.0 Å². The van der Waals surface area contributed by atoms with Gasteiger partial charge in [0.1, 0.15) is 0 Å². The molecule has 0 aliphatic heterocycles. The second-order valence-electron chi connectivity index (χ2n) is 4.65. The molecule has 0 spiro atoms. The van der Waals surface area contributed by atoms with Crippen LogP contribution in [0.4, 0.5) is 5.69 Å². The largest absolute Gasteiger partial charge is 0.383 e. The summed E-state index contributed by atoms with van der Waals surface area (Å²) < 4.78 is 32.4. The summed E-state index contributed by atoms with van der Waals surface area (Å²) in [5.41, 5.74) is 0.536. The van der Waals surface area contributed by atoms with Gasteiger partial charge in [-0.15, -0.1) is 0 Å². The van der Waals surface area contributed by atoms with Gasteiger partial charge in [0.05, 0.1) is 5.69 Å². The third-order valence-corrected chi connectivity index (χ3v) is 4.12. The van der Waals surface area contributed by atoms with Crippen LogP contribution in [0, 0.1) is 0 Å². The molecule has 0 fully saturated rings. The summed E-state index contributed by atoms with van der Waals surface area (Å²) in [6, 6.07) is 3.44. The summed E-state index contributed by atoms with van der Waals surface area (Å²) in [6.45, 7) is 6.37. The van der Waals surface area contributed by atoms with Gasteiger partial charge in [-0.25, -0.2) is 18.1 Å². The molecule has 1 aromatic rings. The summed E-state index contributed by atoms with van der Waals surface area (Å²) in [6.07, 6.45) is 4.00. The number of aromatic nitrogens is 1. The predicted molar refractivity (Wildman–Crippen MR) is 83.9 cm³/mol. The first kappa shape index (κ1) is 17.9. The second kappa shape index (κ2) is 9.70. The van der Waals surface area contributed by atoms with E-state index in [4.69, 9.17) is 4.74 Å². The van der Waals surface area contributed by atoms with Gasteiger partial charge in [0.15, 0.2) is 5.03 Å². The number of hydrogen-bond acceptors (Lipinski definition) is 5. The van der Waals surface area contributed by atoms with Crippen LogP contribution >= 0.6 is 0 Å². The molecule has 7 heteroatoms. The highest BCUT2D eigenvalue weighted by Crippen LogP contribution is 2.17. The van der Waals surface area contributed by atoms with Crippen LogP contribution in [0.3, 0.4) is 0 Å². The number of rotatable bonds is 11. The SMILES string of the molecule is CCCNc1cccnc1S(=O)(=O)NCCCOCCC. The first-order valence-electron chi connectivity index (χ1n) is 7.38. The number of nitrogens with one attached hydrogen (secondary N) is 2. The van der Waals surface area contributed by atoms with Gasteiger partial charge in [0, 0.05) is 32.5 Å². The fourth-order valence-electron chi connectivity index (χ4n) is 1.69. The van der Waals surface area contributed by atoms with E-state index in [9.17, 15) is 8.42 Å². The molecule has 0 unspecified atom stereocenters. The highest BCUT2D eigenvalue weighted by molar-refractivity contribution is 7.89. The van der Waals surface area contributed by atoms with E-state index in [0.29, 0.717) is 38.4 Å². The maximum atomic E-state index is 12.3. The smallest absolute Gasteiger partial charge is 0.260 e. The normalized spacial score (nSPS) is 11.5. The lowest BCUT2D eigenvalue weighted by atomic mass is 10.4. The molecule has 1 aromatic heterocycles. The standard InChI is InChI=1S/C14H25N3O3S/c1-3-8-15-13-7-5-9-16-14(13)21(18,19)17-10-6-12-20-11-4-2/h5,7,9,15,17H,3-4,6,8,10-12H2,1-2H3. The van der Waals surface area contributed by atoms with Crippen LogP contribution in [0.2, 0.25) is 0 Å². The van der Waals surface area contributed by atoms with Crippen LogP contribution in [0.25, 0.3) is 0 Å². The van der Waals surface area contributed by atoms with Crippen molar-refractivity contribution in [3.8, 4) is 0 Å². The van der Waals surface area contributed by atoms with E-state index in [-0.39, 0.29) is 5.03 Å². The molecule has 1 rings (SSSR count). The maximum Gasteiger partial charge on any atom is 0.260 e. The van der Waals surface area contributed by atoms with Crippen LogP contribution in [0.1, 0.15) is 33.1 Å². The maximum absolute atomic E-state index is 12.3. The van der Waals surface area contributed by atoms with Crippen molar-refractivity contribution in [3.05, 3.63) is 18.3 Å². The van der Waals surface area contributed by atoms with Crippen molar-refractivity contribution in [1.29, 1.82) is 0 Å². The zero-order valence-electron chi connectivity index (χ0n) is 12.8. The van der Waals surface area contributed by atoms with Crippen molar-refractivity contribution >= 4 is 15.7 Å². The Balaban J connectivity index is 2.57. The van der Waals surface area contributed by atoms with E-state index in [1.165, 1.54) is 6.20 Å². The van der Waals surface area contributed by atoms with Gasteiger partial charge < -0.3 is 10.1 Å². The van der Waals surface area contributed by atoms with E-state index in [0.717, 1.165) is 12.8 Å². The average Bonchev–Trinajstić information content (AvgIpc) is 2.49. The molecule has 0 saturated carbocycles. The van der Waals surface area contributed by atoms with Crippen LogP contribution in [0.15, 0.2) is 23.4 Å². The average molecular weight is 315 g/mol. The Morgan fingerprint density at radius 2 is 2.00 bits per heavy atom. The first-order chi connectivity index (χ1) is 10.1. The Kier molecular flexibility index (Phi) is 8.26. The number of hydrogen-bond donors (Lipinski definition) is 2. The quantitative estimate of drug-likeness (QED) is 0.611. The molecule has 0 amide bonds. The van der Waals surface area contributed by atoms with E-state index < -0.39 is 10.0 Å². The van der Waals surface area contributed by atoms with Crippen LogP contribution in [-0.4, -0.2) is 39.7 Å². The van der Waals surface area contributed by atoms with E-state index >= 15 is 0 Å². The van der Waals surface area contributed by atoms with Gasteiger partial charge in [0.2, 0.25) is 0 Å². The lowest BCUT2D eigenvalue weighted by Crippen LogP contribution is -2.27. The molecule has 120 valence electrons. The Morgan fingerprint density at radius 1 is 1.19 bits per heavy atom. The van der Waals surface area contributed by atoms with E-state index in [1.807, 2.05) is 13.8 Å². The molecule has 0 radical (unpaired) electrons. The molecule has 6 nitrogen and oxygen atoms in total.